The quantitative estimate of drug-likeness (QED) is 0.487. The topological polar surface area (TPSA) is 95.6 Å². The number of anilines is 1. The van der Waals surface area contributed by atoms with E-state index in [0.717, 1.165) is 5.56 Å². The maximum absolute atomic E-state index is 14.0. The van der Waals surface area contributed by atoms with Gasteiger partial charge in [0.1, 0.15) is 17.2 Å². The van der Waals surface area contributed by atoms with Crippen LogP contribution in [-0.2, 0) is 4.79 Å². The molecule has 3 aromatic rings. The number of fused-ring (bicyclic) bond motifs is 1. The van der Waals surface area contributed by atoms with Crippen LogP contribution in [0.3, 0.4) is 0 Å². The van der Waals surface area contributed by atoms with Crippen LogP contribution in [-0.4, -0.2) is 59.3 Å². The maximum atomic E-state index is 14.0. The van der Waals surface area contributed by atoms with Gasteiger partial charge in [-0.2, -0.15) is 0 Å². The number of carbonyl (C=O) groups is 2. The lowest BCUT2D eigenvalue weighted by Crippen LogP contribution is -2.44. The van der Waals surface area contributed by atoms with Crippen LogP contribution in [0.5, 0.6) is 28.7 Å². The summed E-state index contributed by atoms with van der Waals surface area (Å²) in [5, 5.41) is 2.99. The maximum Gasteiger partial charge on any atom is 0.254 e. The molecule has 3 aromatic carbocycles. The molecule has 0 saturated carbocycles. The molecule has 1 aliphatic rings. The molecule has 2 amide bonds. The Kier molecular flexibility index (Phi) is 7.42. The number of nitrogens with one attached hydrogen (secondary N) is 1. The van der Waals surface area contributed by atoms with Gasteiger partial charge in [0.25, 0.3) is 5.91 Å². The van der Waals surface area contributed by atoms with E-state index in [1.54, 1.807) is 68.6 Å². The number of carbonyl (C=O) groups excluding carboxylic acids is 2. The Labute approximate surface area is 215 Å². The number of rotatable bonds is 8. The smallest absolute Gasteiger partial charge is 0.254 e. The van der Waals surface area contributed by atoms with Crippen molar-refractivity contribution >= 4 is 17.5 Å². The predicted octanol–water partition coefficient (Wildman–Crippen LogP) is 4.28. The lowest BCUT2D eigenvalue weighted by molar-refractivity contribution is -0.119. The molecule has 0 aromatic heterocycles. The summed E-state index contributed by atoms with van der Waals surface area (Å²) >= 11 is 0. The Morgan fingerprint density at radius 3 is 1.95 bits per heavy atom. The summed E-state index contributed by atoms with van der Waals surface area (Å²) in [6, 6.07) is 15.2. The highest BCUT2D eigenvalue weighted by atomic mass is 16.5. The summed E-state index contributed by atoms with van der Waals surface area (Å²) in [5.41, 5.74) is 2.15. The molecule has 0 unspecified atom stereocenters. The van der Waals surface area contributed by atoms with E-state index >= 15 is 0 Å². The standard InChI is InChI=1S/C28H30N2O7/c1-30-26(16-7-9-17(33-2)10-8-16)25(19-14-23(36-5)24(37-6)15-20(19)28(30)32)27(31)29-21-12-11-18(34-3)13-22(21)35-4/h7-15,25-26H,1-6H3,(H,29,31)/t25-,26-/m0/s1. The van der Waals surface area contributed by atoms with Crippen molar-refractivity contribution in [2.45, 2.75) is 12.0 Å². The number of ether oxygens (including phenoxy) is 5. The lowest BCUT2D eigenvalue weighted by atomic mass is 9.79. The van der Waals surface area contributed by atoms with Crippen LogP contribution in [0, 0.1) is 0 Å². The van der Waals surface area contributed by atoms with Crippen molar-refractivity contribution in [3.8, 4) is 28.7 Å². The Balaban J connectivity index is 1.86. The Morgan fingerprint density at radius 1 is 0.757 bits per heavy atom. The molecule has 0 saturated heterocycles. The molecular weight excluding hydrogens is 476 g/mol. The van der Waals surface area contributed by atoms with Gasteiger partial charge in [-0.1, -0.05) is 12.1 Å². The second-order valence-corrected chi connectivity index (χ2v) is 8.46. The molecule has 0 radical (unpaired) electrons. The van der Waals surface area contributed by atoms with E-state index in [4.69, 9.17) is 23.7 Å². The third-order valence-electron chi connectivity index (χ3n) is 6.58. The van der Waals surface area contributed by atoms with Crippen LogP contribution in [0.25, 0.3) is 0 Å². The van der Waals surface area contributed by atoms with E-state index in [1.807, 2.05) is 12.1 Å². The van der Waals surface area contributed by atoms with Crippen LogP contribution >= 0.6 is 0 Å². The highest BCUT2D eigenvalue weighted by Gasteiger charge is 2.43. The van der Waals surface area contributed by atoms with Crippen molar-refractivity contribution in [2.75, 3.05) is 47.9 Å². The van der Waals surface area contributed by atoms with Gasteiger partial charge in [0, 0.05) is 18.7 Å². The molecule has 0 spiro atoms. The van der Waals surface area contributed by atoms with Crippen molar-refractivity contribution < 1.29 is 33.3 Å². The lowest BCUT2D eigenvalue weighted by Gasteiger charge is -2.40. The van der Waals surface area contributed by atoms with Crippen molar-refractivity contribution in [2.24, 2.45) is 0 Å². The number of likely N-dealkylation sites (N-methyl/N-ethyl adjacent to an activating group) is 1. The van der Waals surface area contributed by atoms with Crippen molar-refractivity contribution in [1.82, 2.24) is 4.90 Å². The first-order chi connectivity index (χ1) is 17.9. The van der Waals surface area contributed by atoms with E-state index in [9.17, 15) is 9.59 Å². The van der Waals surface area contributed by atoms with E-state index in [2.05, 4.69) is 5.32 Å². The zero-order valence-electron chi connectivity index (χ0n) is 21.7. The van der Waals surface area contributed by atoms with Crippen LogP contribution in [0.1, 0.15) is 33.4 Å². The predicted molar refractivity (Wildman–Crippen MR) is 138 cm³/mol. The van der Waals surface area contributed by atoms with Gasteiger partial charge in [-0.3, -0.25) is 9.59 Å². The summed E-state index contributed by atoms with van der Waals surface area (Å²) < 4.78 is 27.0. The second kappa shape index (κ2) is 10.7. The summed E-state index contributed by atoms with van der Waals surface area (Å²) in [4.78, 5) is 29.1. The Morgan fingerprint density at radius 2 is 1.35 bits per heavy atom. The SMILES string of the molecule is COc1ccc([C@H]2[C@@H](C(=O)Nc3ccc(OC)cc3OC)c3cc(OC)c(OC)cc3C(=O)N2C)cc1. The van der Waals surface area contributed by atoms with Crippen molar-refractivity contribution in [1.29, 1.82) is 0 Å². The molecule has 2 atom stereocenters. The molecule has 9 heteroatoms. The first kappa shape index (κ1) is 25.7. The highest BCUT2D eigenvalue weighted by Crippen LogP contribution is 2.46. The third kappa shape index (κ3) is 4.72. The van der Waals surface area contributed by atoms with E-state index in [0.29, 0.717) is 45.6 Å². The minimum absolute atomic E-state index is 0.233. The summed E-state index contributed by atoms with van der Waals surface area (Å²) in [5.74, 6) is 1.20. The average Bonchev–Trinajstić information content (AvgIpc) is 2.94. The fourth-order valence-corrected chi connectivity index (χ4v) is 4.66. The molecule has 1 aliphatic heterocycles. The molecule has 0 bridgehead atoms. The first-order valence-corrected chi connectivity index (χ1v) is 11.6. The van der Waals surface area contributed by atoms with Gasteiger partial charge in [-0.25, -0.2) is 0 Å². The minimum Gasteiger partial charge on any atom is -0.497 e. The van der Waals surface area contributed by atoms with Gasteiger partial charge < -0.3 is 33.9 Å². The normalized spacial score (nSPS) is 16.5. The monoisotopic (exact) mass is 506 g/mol. The molecule has 9 nitrogen and oxygen atoms in total. The van der Waals surface area contributed by atoms with Crippen molar-refractivity contribution in [3.05, 3.63) is 71.3 Å². The van der Waals surface area contributed by atoms with Crippen molar-refractivity contribution in [3.63, 3.8) is 0 Å². The molecule has 1 N–H and O–H groups in total. The number of amides is 2. The zero-order chi connectivity index (χ0) is 26.7. The zero-order valence-corrected chi connectivity index (χ0v) is 21.7. The van der Waals surface area contributed by atoms with Gasteiger partial charge in [0.2, 0.25) is 5.91 Å². The third-order valence-corrected chi connectivity index (χ3v) is 6.58. The highest BCUT2D eigenvalue weighted by molar-refractivity contribution is 6.05. The first-order valence-electron chi connectivity index (χ1n) is 11.6. The number of methoxy groups -OCH3 is 5. The molecule has 1 heterocycles. The van der Waals surface area contributed by atoms with Gasteiger partial charge in [0.05, 0.1) is 53.2 Å². The number of nitrogens with zero attached hydrogens (tertiary/aromatic N) is 1. The molecule has 0 fully saturated rings. The molecular formula is C28H30N2O7. The largest absolute Gasteiger partial charge is 0.497 e. The summed E-state index contributed by atoms with van der Waals surface area (Å²) in [6.45, 7) is 0. The van der Waals surface area contributed by atoms with E-state index < -0.39 is 12.0 Å². The van der Waals surface area contributed by atoms with Gasteiger partial charge >= 0.3 is 0 Å². The van der Waals surface area contributed by atoms with Crippen LogP contribution in [0.4, 0.5) is 5.69 Å². The molecule has 194 valence electrons. The van der Waals surface area contributed by atoms with E-state index in [-0.39, 0.29) is 11.8 Å². The molecule has 4 rings (SSSR count). The second-order valence-electron chi connectivity index (χ2n) is 8.46. The molecule has 37 heavy (non-hydrogen) atoms. The van der Waals surface area contributed by atoms with Gasteiger partial charge in [-0.05, 0) is 47.5 Å². The molecule has 0 aliphatic carbocycles. The Bertz CT molecular complexity index is 1310. The van der Waals surface area contributed by atoms with Crippen LogP contribution in [0.15, 0.2) is 54.6 Å². The number of hydrogen-bond acceptors (Lipinski definition) is 7. The minimum atomic E-state index is -0.780. The van der Waals surface area contributed by atoms with Gasteiger partial charge in [-0.15, -0.1) is 0 Å². The average molecular weight is 507 g/mol. The fourth-order valence-electron chi connectivity index (χ4n) is 4.66. The fraction of sp³-hybridized carbons (Fsp3) is 0.286. The number of hydrogen-bond donors (Lipinski definition) is 1. The summed E-state index contributed by atoms with van der Waals surface area (Å²) in [6.07, 6.45) is 0. The number of benzene rings is 3. The van der Waals surface area contributed by atoms with E-state index in [1.165, 1.54) is 21.3 Å². The van der Waals surface area contributed by atoms with Crippen LogP contribution < -0.4 is 29.0 Å². The van der Waals surface area contributed by atoms with Gasteiger partial charge in [0.15, 0.2) is 11.5 Å². The Hall–Kier alpha value is -4.40. The van der Waals surface area contributed by atoms with Crippen LogP contribution in [0.2, 0.25) is 0 Å². The summed E-state index contributed by atoms with van der Waals surface area (Å²) in [7, 11) is 9.36.